The van der Waals surface area contributed by atoms with Crippen LogP contribution in [0.15, 0.2) is 91.6 Å². The van der Waals surface area contributed by atoms with Crippen molar-refractivity contribution in [2.24, 2.45) is 0 Å². The fourth-order valence-corrected chi connectivity index (χ4v) is 4.21. The van der Waals surface area contributed by atoms with Gasteiger partial charge in [-0.05, 0) is 47.4 Å². The Balaban J connectivity index is 1.79. The third-order valence-corrected chi connectivity index (χ3v) is 5.56. The Kier molecular flexibility index (Phi) is 6.04. The zero-order valence-electron chi connectivity index (χ0n) is 17.0. The molecule has 7 heteroatoms. The van der Waals surface area contributed by atoms with E-state index in [4.69, 9.17) is 0 Å². The van der Waals surface area contributed by atoms with E-state index < -0.39 is 10.0 Å². The minimum atomic E-state index is -3.42. The molecule has 0 bridgehead atoms. The van der Waals surface area contributed by atoms with Crippen molar-refractivity contribution in [3.63, 3.8) is 0 Å². The molecule has 4 aromatic rings. The van der Waals surface area contributed by atoms with Crippen molar-refractivity contribution in [1.29, 1.82) is 0 Å². The van der Waals surface area contributed by atoms with Crippen LogP contribution in [0.1, 0.15) is 22.6 Å². The summed E-state index contributed by atoms with van der Waals surface area (Å²) >= 11 is 0. The zero-order chi connectivity index (χ0) is 21.7. The van der Waals surface area contributed by atoms with Gasteiger partial charge >= 0.3 is 0 Å². The molecule has 4 rings (SSSR count). The molecule has 0 unspecified atom stereocenters. The Bertz CT molecular complexity index is 1220. The van der Waals surface area contributed by atoms with Crippen molar-refractivity contribution < 1.29 is 8.42 Å². The Hall–Kier alpha value is -3.58. The predicted octanol–water partition coefficient (Wildman–Crippen LogP) is 4.28. The summed E-state index contributed by atoms with van der Waals surface area (Å²) in [6.07, 6.45) is 10.8. The van der Waals surface area contributed by atoms with E-state index in [1.54, 1.807) is 30.7 Å². The van der Waals surface area contributed by atoms with E-state index in [0.717, 1.165) is 34.2 Å². The monoisotopic (exact) mass is 430 g/mol. The lowest BCUT2D eigenvalue weighted by molar-refractivity contribution is 0.607. The van der Waals surface area contributed by atoms with Gasteiger partial charge in [-0.1, -0.05) is 36.4 Å². The summed E-state index contributed by atoms with van der Waals surface area (Å²) in [7, 11) is -3.42. The molecule has 0 atom stereocenters. The maximum Gasteiger partial charge on any atom is 0.229 e. The van der Waals surface area contributed by atoms with Gasteiger partial charge in [0.25, 0.3) is 0 Å². The molecule has 1 N–H and O–H groups in total. The van der Waals surface area contributed by atoms with E-state index in [0.29, 0.717) is 12.1 Å². The lowest BCUT2D eigenvalue weighted by Crippen LogP contribution is -2.11. The molecular weight excluding hydrogens is 408 g/mol. The maximum atomic E-state index is 11.9. The second-order valence-corrected chi connectivity index (χ2v) is 9.01. The molecule has 0 amide bonds. The molecule has 0 saturated heterocycles. The normalized spacial score (nSPS) is 11.4. The highest BCUT2D eigenvalue weighted by Crippen LogP contribution is 2.34. The molecule has 6 nitrogen and oxygen atoms in total. The van der Waals surface area contributed by atoms with Crippen LogP contribution in [0.25, 0.3) is 11.3 Å². The second-order valence-electron chi connectivity index (χ2n) is 7.26. The predicted molar refractivity (Wildman–Crippen MR) is 122 cm³/mol. The fourth-order valence-electron chi connectivity index (χ4n) is 3.64. The number of aromatic nitrogens is 3. The van der Waals surface area contributed by atoms with Crippen molar-refractivity contribution >= 4 is 15.7 Å². The van der Waals surface area contributed by atoms with E-state index in [1.807, 2.05) is 48.8 Å². The molecule has 0 aliphatic heterocycles. The maximum absolute atomic E-state index is 11.9. The van der Waals surface area contributed by atoms with Crippen LogP contribution in [0.4, 0.5) is 5.69 Å². The minimum Gasteiger partial charge on any atom is -0.283 e. The van der Waals surface area contributed by atoms with Crippen LogP contribution in [-0.4, -0.2) is 29.6 Å². The summed E-state index contributed by atoms with van der Waals surface area (Å²) in [5, 5.41) is 0. The largest absolute Gasteiger partial charge is 0.283 e. The molecule has 0 radical (unpaired) electrons. The SMILES string of the molecule is CS(=O)(=O)Nc1ccccc1-c1ncccc1CC(c1cccnc1)c1cccnc1. The van der Waals surface area contributed by atoms with Crippen LogP contribution in [0.5, 0.6) is 0 Å². The number of hydrogen-bond acceptors (Lipinski definition) is 5. The summed E-state index contributed by atoms with van der Waals surface area (Å²) in [6, 6.07) is 19.2. The van der Waals surface area contributed by atoms with Crippen LogP contribution in [0.2, 0.25) is 0 Å². The highest BCUT2D eigenvalue weighted by molar-refractivity contribution is 7.92. The highest BCUT2D eigenvalue weighted by Gasteiger charge is 2.20. The first-order chi connectivity index (χ1) is 15.0. The van der Waals surface area contributed by atoms with Crippen LogP contribution in [-0.2, 0) is 16.4 Å². The molecule has 0 aliphatic rings. The third kappa shape index (κ3) is 5.13. The van der Waals surface area contributed by atoms with Crippen LogP contribution in [0.3, 0.4) is 0 Å². The van der Waals surface area contributed by atoms with Crippen molar-refractivity contribution in [3.8, 4) is 11.3 Å². The quantitative estimate of drug-likeness (QED) is 0.473. The summed E-state index contributed by atoms with van der Waals surface area (Å²) in [4.78, 5) is 13.2. The molecule has 0 saturated carbocycles. The first-order valence-electron chi connectivity index (χ1n) is 9.82. The number of nitrogens with zero attached hydrogens (tertiary/aromatic N) is 3. The molecular formula is C24H22N4O2S. The number of anilines is 1. The molecule has 31 heavy (non-hydrogen) atoms. The summed E-state index contributed by atoms with van der Waals surface area (Å²) in [5.74, 6) is 0.0281. The van der Waals surface area contributed by atoms with E-state index in [1.165, 1.54) is 0 Å². The third-order valence-electron chi connectivity index (χ3n) is 4.97. The minimum absolute atomic E-state index is 0.0281. The standard InChI is InChI=1S/C24H22N4O2S/c1-31(29,30)28-23-11-3-2-10-21(23)24-18(7-6-14-27-24)15-22(19-8-4-12-25-16-19)20-9-5-13-26-17-20/h2-14,16-17,22,28H,15H2,1H3. The van der Waals surface area contributed by atoms with Crippen molar-refractivity contribution in [2.45, 2.75) is 12.3 Å². The van der Waals surface area contributed by atoms with E-state index in [9.17, 15) is 8.42 Å². The molecule has 0 aliphatic carbocycles. The first kappa shape index (κ1) is 20.7. The Morgan fingerprint density at radius 2 is 1.48 bits per heavy atom. The van der Waals surface area contributed by atoms with Gasteiger partial charge in [-0.25, -0.2) is 8.42 Å². The van der Waals surface area contributed by atoms with Crippen LogP contribution < -0.4 is 4.72 Å². The number of pyridine rings is 3. The average molecular weight is 431 g/mol. The van der Waals surface area contributed by atoms with Crippen LogP contribution in [0, 0.1) is 0 Å². The lowest BCUT2D eigenvalue weighted by atomic mass is 9.86. The fraction of sp³-hybridized carbons (Fsp3) is 0.125. The Morgan fingerprint density at radius 1 is 0.839 bits per heavy atom. The molecule has 0 spiro atoms. The molecule has 1 aromatic carbocycles. The van der Waals surface area contributed by atoms with Gasteiger partial charge in [-0.15, -0.1) is 0 Å². The number of rotatable bonds is 7. The lowest BCUT2D eigenvalue weighted by Gasteiger charge is -2.20. The topological polar surface area (TPSA) is 84.8 Å². The van der Waals surface area contributed by atoms with E-state index >= 15 is 0 Å². The summed E-state index contributed by atoms with van der Waals surface area (Å²) in [5.41, 5.74) is 5.14. The number of benzene rings is 1. The smallest absolute Gasteiger partial charge is 0.229 e. The van der Waals surface area contributed by atoms with Gasteiger partial charge in [0.15, 0.2) is 0 Å². The molecule has 0 fully saturated rings. The van der Waals surface area contributed by atoms with Crippen molar-refractivity contribution in [2.75, 3.05) is 11.0 Å². The first-order valence-corrected chi connectivity index (χ1v) is 11.7. The van der Waals surface area contributed by atoms with Gasteiger partial charge in [-0.2, -0.15) is 0 Å². The van der Waals surface area contributed by atoms with Gasteiger partial charge in [0.1, 0.15) is 0 Å². The van der Waals surface area contributed by atoms with E-state index in [-0.39, 0.29) is 5.92 Å². The van der Waals surface area contributed by atoms with Gasteiger partial charge in [0, 0.05) is 42.5 Å². The summed E-state index contributed by atoms with van der Waals surface area (Å²) in [6.45, 7) is 0. The Labute approximate surface area is 182 Å². The van der Waals surface area contributed by atoms with E-state index in [2.05, 4.69) is 31.8 Å². The van der Waals surface area contributed by atoms with Crippen LogP contribution >= 0.6 is 0 Å². The summed E-state index contributed by atoms with van der Waals surface area (Å²) < 4.78 is 26.3. The number of para-hydroxylation sites is 1. The van der Waals surface area contributed by atoms with Gasteiger partial charge < -0.3 is 0 Å². The number of hydrogen-bond donors (Lipinski definition) is 1. The molecule has 156 valence electrons. The second kappa shape index (κ2) is 9.06. The number of nitrogens with one attached hydrogen (secondary N) is 1. The van der Waals surface area contributed by atoms with Gasteiger partial charge in [0.2, 0.25) is 10.0 Å². The Morgan fingerprint density at radius 3 is 2.10 bits per heavy atom. The van der Waals surface area contributed by atoms with Gasteiger partial charge in [-0.3, -0.25) is 19.7 Å². The molecule has 3 aromatic heterocycles. The van der Waals surface area contributed by atoms with Crippen molar-refractivity contribution in [3.05, 3.63) is 108 Å². The zero-order valence-corrected chi connectivity index (χ0v) is 17.8. The molecule has 3 heterocycles. The average Bonchev–Trinajstić information content (AvgIpc) is 2.78. The highest BCUT2D eigenvalue weighted by atomic mass is 32.2. The number of sulfonamides is 1. The van der Waals surface area contributed by atoms with Crippen molar-refractivity contribution in [1.82, 2.24) is 15.0 Å². The van der Waals surface area contributed by atoms with Gasteiger partial charge in [0.05, 0.1) is 17.6 Å².